The lowest BCUT2D eigenvalue weighted by molar-refractivity contribution is 0.645. The summed E-state index contributed by atoms with van der Waals surface area (Å²) in [5, 5.41) is 1.14. The molecule has 2 aromatic heterocycles. The fourth-order valence-electron chi connectivity index (χ4n) is 4.76. The van der Waals surface area contributed by atoms with Gasteiger partial charge in [0.25, 0.3) is 0 Å². The van der Waals surface area contributed by atoms with Crippen molar-refractivity contribution >= 4 is 49.4 Å². The van der Waals surface area contributed by atoms with Gasteiger partial charge in [0, 0.05) is 39.3 Å². The van der Waals surface area contributed by atoms with Gasteiger partial charge in [0.1, 0.15) is 0 Å². The number of hydrogen-bond acceptors (Lipinski definition) is 7. The third-order valence-electron chi connectivity index (χ3n) is 6.64. The molecule has 6 nitrogen and oxygen atoms in total. The summed E-state index contributed by atoms with van der Waals surface area (Å²) >= 11 is 1.82. The molecule has 2 aliphatic rings. The highest BCUT2D eigenvalue weighted by atomic mass is 32.1. The predicted molar refractivity (Wildman–Crippen MR) is 134 cm³/mol. The zero-order chi connectivity index (χ0) is 21.5. The lowest BCUT2D eigenvalue weighted by Gasteiger charge is -2.36. The van der Waals surface area contributed by atoms with E-state index in [1.807, 2.05) is 23.5 Å². The summed E-state index contributed by atoms with van der Waals surface area (Å²) in [4.78, 5) is 22.3. The highest BCUT2D eigenvalue weighted by Crippen LogP contribution is 2.33. The van der Waals surface area contributed by atoms with Crippen LogP contribution in [0.1, 0.15) is 25.3 Å². The molecule has 0 radical (unpaired) electrons. The van der Waals surface area contributed by atoms with E-state index in [2.05, 4.69) is 52.0 Å². The van der Waals surface area contributed by atoms with Crippen LogP contribution in [0.15, 0.2) is 42.5 Å². The molecule has 4 aromatic rings. The number of aromatic nitrogens is 3. The first kappa shape index (κ1) is 19.7. The van der Waals surface area contributed by atoms with Crippen LogP contribution in [0, 0.1) is 0 Å². The summed E-state index contributed by atoms with van der Waals surface area (Å²) < 4.78 is 1.29. The van der Waals surface area contributed by atoms with Gasteiger partial charge in [0.15, 0.2) is 16.8 Å². The largest absolute Gasteiger partial charge is 0.354 e. The first-order chi connectivity index (χ1) is 15.8. The number of thiazole rings is 1. The molecule has 0 amide bonds. The number of benzene rings is 2. The number of hydrogen-bond donors (Lipinski definition) is 0. The average molecular weight is 445 g/mol. The lowest BCUT2D eigenvalue weighted by Crippen LogP contribution is -2.47. The minimum atomic E-state index is 0.935. The van der Waals surface area contributed by atoms with Crippen LogP contribution in [-0.2, 0) is 6.42 Å². The summed E-state index contributed by atoms with van der Waals surface area (Å²) in [6.07, 6.45) is 3.53. The van der Waals surface area contributed by atoms with Gasteiger partial charge in [0.2, 0.25) is 0 Å². The molecule has 0 atom stereocenters. The van der Waals surface area contributed by atoms with Crippen LogP contribution in [0.3, 0.4) is 0 Å². The summed E-state index contributed by atoms with van der Waals surface area (Å²) in [6.45, 7) is 8.13. The van der Waals surface area contributed by atoms with Gasteiger partial charge >= 0.3 is 0 Å². The fourth-order valence-corrected chi connectivity index (χ4v) is 5.84. The predicted octanol–water partition coefficient (Wildman–Crippen LogP) is 4.73. The van der Waals surface area contributed by atoms with Crippen LogP contribution in [0.5, 0.6) is 0 Å². The molecule has 0 unspecified atom stereocenters. The van der Waals surface area contributed by atoms with Crippen LogP contribution in [-0.4, -0.2) is 54.2 Å². The Morgan fingerprint density at radius 3 is 2.00 bits per heavy atom. The van der Waals surface area contributed by atoms with Crippen molar-refractivity contribution in [3.05, 3.63) is 48.0 Å². The zero-order valence-corrected chi connectivity index (χ0v) is 19.3. The quantitative estimate of drug-likeness (QED) is 0.454. The number of rotatable bonds is 4. The number of piperazine rings is 1. The Bertz CT molecular complexity index is 1250. The fraction of sp³-hybridized carbons (Fsp3) is 0.400. The normalized spacial score (nSPS) is 17.1. The molecular formula is C25H28N6S. The van der Waals surface area contributed by atoms with Crippen molar-refractivity contribution in [1.29, 1.82) is 0 Å². The highest BCUT2D eigenvalue weighted by Gasteiger charge is 2.26. The van der Waals surface area contributed by atoms with Gasteiger partial charge < -0.3 is 14.7 Å². The first-order valence-electron chi connectivity index (χ1n) is 11.7. The van der Waals surface area contributed by atoms with Gasteiger partial charge in [-0.3, -0.25) is 0 Å². The van der Waals surface area contributed by atoms with Crippen molar-refractivity contribution in [3.8, 4) is 0 Å². The lowest BCUT2D eigenvalue weighted by atomic mass is 10.2. The molecule has 2 fully saturated rings. The molecule has 0 saturated carbocycles. The Morgan fingerprint density at radius 2 is 1.34 bits per heavy atom. The van der Waals surface area contributed by atoms with Crippen molar-refractivity contribution in [2.75, 3.05) is 54.0 Å². The SMILES string of the molecule is CCc1ccc2nc(N3CCN(c4nc5ccccc5nc4N4CCCC4)CC3)sc2c1. The standard InChI is InChI=1S/C25H28N6S/c1-2-18-9-10-21-22(17-18)32-25(28-21)31-15-13-30(14-16-31)24-23(29-11-5-6-12-29)26-19-7-3-4-8-20(19)27-24/h3-4,7-10,17H,2,5-6,11-16H2,1H3. The van der Waals surface area contributed by atoms with Crippen molar-refractivity contribution < 1.29 is 0 Å². The summed E-state index contributed by atoms with van der Waals surface area (Å²) in [6, 6.07) is 14.9. The van der Waals surface area contributed by atoms with Gasteiger partial charge in [0.05, 0.1) is 21.3 Å². The third kappa shape index (κ3) is 3.54. The highest BCUT2D eigenvalue weighted by molar-refractivity contribution is 7.22. The monoisotopic (exact) mass is 444 g/mol. The molecule has 0 spiro atoms. The summed E-state index contributed by atoms with van der Waals surface area (Å²) in [7, 11) is 0. The molecule has 0 bridgehead atoms. The van der Waals surface area contributed by atoms with Crippen LogP contribution >= 0.6 is 11.3 Å². The molecule has 7 heteroatoms. The van der Waals surface area contributed by atoms with E-state index in [0.717, 1.165) is 79.0 Å². The van der Waals surface area contributed by atoms with E-state index in [1.165, 1.54) is 23.1 Å². The first-order valence-corrected chi connectivity index (χ1v) is 12.5. The van der Waals surface area contributed by atoms with E-state index in [4.69, 9.17) is 15.0 Å². The molecule has 164 valence electrons. The molecule has 2 aliphatic heterocycles. The molecule has 4 heterocycles. The van der Waals surface area contributed by atoms with Crippen LogP contribution < -0.4 is 14.7 Å². The van der Waals surface area contributed by atoms with E-state index in [9.17, 15) is 0 Å². The third-order valence-corrected chi connectivity index (χ3v) is 7.72. The molecule has 2 saturated heterocycles. The van der Waals surface area contributed by atoms with Crippen molar-refractivity contribution in [3.63, 3.8) is 0 Å². The number of para-hydroxylation sites is 2. The smallest absolute Gasteiger partial charge is 0.186 e. The van der Waals surface area contributed by atoms with Gasteiger partial charge in [-0.25, -0.2) is 15.0 Å². The number of nitrogens with zero attached hydrogens (tertiary/aromatic N) is 6. The molecular weight excluding hydrogens is 416 g/mol. The Hall–Kier alpha value is -2.93. The van der Waals surface area contributed by atoms with E-state index in [-0.39, 0.29) is 0 Å². The van der Waals surface area contributed by atoms with Crippen LogP contribution in [0.4, 0.5) is 16.8 Å². The molecule has 2 aromatic carbocycles. The van der Waals surface area contributed by atoms with E-state index < -0.39 is 0 Å². The number of fused-ring (bicyclic) bond motifs is 2. The van der Waals surface area contributed by atoms with E-state index in [1.54, 1.807) is 0 Å². The summed E-state index contributed by atoms with van der Waals surface area (Å²) in [5.74, 6) is 2.10. The van der Waals surface area contributed by atoms with Gasteiger partial charge in [-0.1, -0.05) is 36.5 Å². The van der Waals surface area contributed by atoms with E-state index >= 15 is 0 Å². The summed E-state index contributed by atoms with van der Waals surface area (Å²) in [5.41, 5.74) is 4.45. The second-order valence-corrected chi connectivity index (χ2v) is 9.69. The van der Waals surface area contributed by atoms with Crippen LogP contribution in [0.25, 0.3) is 21.3 Å². The number of aryl methyl sites for hydroxylation is 1. The van der Waals surface area contributed by atoms with Crippen molar-refractivity contribution in [1.82, 2.24) is 15.0 Å². The topological polar surface area (TPSA) is 48.4 Å². The maximum Gasteiger partial charge on any atom is 0.186 e. The van der Waals surface area contributed by atoms with Crippen molar-refractivity contribution in [2.24, 2.45) is 0 Å². The number of anilines is 3. The zero-order valence-electron chi connectivity index (χ0n) is 18.5. The Labute approximate surface area is 192 Å². The molecule has 6 rings (SSSR count). The maximum absolute atomic E-state index is 5.09. The van der Waals surface area contributed by atoms with Gasteiger partial charge in [-0.15, -0.1) is 0 Å². The molecule has 0 aliphatic carbocycles. The Balaban J connectivity index is 1.26. The second-order valence-electron chi connectivity index (χ2n) is 8.68. The minimum absolute atomic E-state index is 0.935. The van der Waals surface area contributed by atoms with Crippen molar-refractivity contribution in [2.45, 2.75) is 26.2 Å². The minimum Gasteiger partial charge on any atom is -0.354 e. The average Bonchev–Trinajstić information content (AvgIpc) is 3.53. The van der Waals surface area contributed by atoms with E-state index in [0.29, 0.717) is 0 Å². The molecule has 0 N–H and O–H groups in total. The molecule has 32 heavy (non-hydrogen) atoms. The maximum atomic E-state index is 5.09. The van der Waals surface area contributed by atoms with Gasteiger partial charge in [-0.2, -0.15) is 0 Å². The Kier molecular flexibility index (Phi) is 5.06. The van der Waals surface area contributed by atoms with Gasteiger partial charge in [-0.05, 0) is 49.1 Å². The second kappa shape index (κ2) is 8.20. The Morgan fingerprint density at radius 1 is 0.719 bits per heavy atom. The van der Waals surface area contributed by atoms with Crippen LogP contribution in [0.2, 0.25) is 0 Å².